The summed E-state index contributed by atoms with van der Waals surface area (Å²) in [6.07, 6.45) is 1.17. The lowest BCUT2D eigenvalue weighted by Gasteiger charge is -2.28. The van der Waals surface area contributed by atoms with E-state index in [0.717, 1.165) is 10.9 Å². The van der Waals surface area contributed by atoms with E-state index in [9.17, 15) is 4.39 Å². The molecule has 18 heavy (non-hydrogen) atoms. The maximum absolute atomic E-state index is 13.5. The summed E-state index contributed by atoms with van der Waals surface area (Å²) in [5, 5.41) is 4.38. The monoisotopic (exact) mass is 266 g/mol. The highest BCUT2D eigenvalue weighted by atomic mass is 32.2. The number of thioether (sulfide) groups is 1. The van der Waals surface area contributed by atoms with Gasteiger partial charge in [-0.15, -0.1) is 0 Å². The van der Waals surface area contributed by atoms with Crippen molar-refractivity contribution in [2.45, 2.75) is 32.9 Å². The third kappa shape index (κ3) is 3.48. The molecule has 1 unspecified atom stereocenters. The van der Waals surface area contributed by atoms with Crippen LogP contribution in [0.1, 0.15) is 25.8 Å². The van der Waals surface area contributed by atoms with Crippen molar-refractivity contribution in [1.29, 1.82) is 0 Å². The van der Waals surface area contributed by atoms with Gasteiger partial charge in [-0.1, -0.05) is 43.8 Å². The molecule has 2 nitrogen and oxygen atoms in total. The van der Waals surface area contributed by atoms with Gasteiger partial charge in [0.05, 0.1) is 6.54 Å². The zero-order valence-electron chi connectivity index (χ0n) is 10.8. The summed E-state index contributed by atoms with van der Waals surface area (Å²) in [4.78, 5) is 4.48. The minimum atomic E-state index is -0.178. The van der Waals surface area contributed by atoms with Gasteiger partial charge in [-0.3, -0.25) is 4.99 Å². The summed E-state index contributed by atoms with van der Waals surface area (Å²) < 4.78 is 13.5. The molecule has 1 aliphatic heterocycles. The molecule has 1 fully saturated rings. The van der Waals surface area contributed by atoms with Gasteiger partial charge >= 0.3 is 0 Å². The van der Waals surface area contributed by atoms with Gasteiger partial charge in [0.2, 0.25) is 0 Å². The number of hydrogen-bond donors (Lipinski definition) is 1. The number of nitrogens with one attached hydrogen (secondary N) is 1. The van der Waals surface area contributed by atoms with Gasteiger partial charge in [0.1, 0.15) is 5.82 Å². The van der Waals surface area contributed by atoms with Crippen molar-refractivity contribution < 1.29 is 4.39 Å². The van der Waals surface area contributed by atoms with Crippen molar-refractivity contribution in [1.82, 2.24) is 5.32 Å². The molecule has 1 aliphatic rings. The van der Waals surface area contributed by atoms with E-state index in [2.05, 4.69) is 24.2 Å². The standard InChI is InChI=1S/C14H19FN2S/c1-10(2)13-7-8-18-14(17-13)16-9-11-5-3-4-6-12(11)15/h3-6,10,13H,7-9H2,1-2H3,(H,16,17). The molecular formula is C14H19FN2S. The second-order valence-electron chi connectivity index (χ2n) is 4.84. The molecule has 1 heterocycles. The smallest absolute Gasteiger partial charge is 0.157 e. The number of halogens is 1. The van der Waals surface area contributed by atoms with Crippen LogP contribution in [0.25, 0.3) is 0 Å². The molecule has 0 aromatic heterocycles. The molecule has 1 N–H and O–H groups in total. The minimum absolute atomic E-state index is 0.178. The average Bonchev–Trinajstić information content (AvgIpc) is 2.38. The molecule has 2 rings (SSSR count). The van der Waals surface area contributed by atoms with E-state index in [1.165, 1.54) is 12.5 Å². The third-order valence-corrected chi connectivity index (χ3v) is 4.09. The molecule has 1 aromatic rings. The van der Waals surface area contributed by atoms with Crippen LogP contribution in [-0.2, 0) is 6.54 Å². The van der Waals surface area contributed by atoms with E-state index in [0.29, 0.717) is 24.1 Å². The van der Waals surface area contributed by atoms with Gasteiger partial charge in [0.15, 0.2) is 5.17 Å². The van der Waals surface area contributed by atoms with Gasteiger partial charge in [-0.05, 0) is 18.4 Å². The first-order valence-corrected chi connectivity index (χ1v) is 7.32. The van der Waals surface area contributed by atoms with E-state index in [4.69, 9.17) is 0 Å². The number of hydrogen-bond acceptors (Lipinski definition) is 2. The molecule has 1 atom stereocenters. The molecule has 0 radical (unpaired) electrons. The van der Waals surface area contributed by atoms with Gasteiger partial charge in [0, 0.05) is 17.4 Å². The summed E-state index contributed by atoms with van der Waals surface area (Å²) in [5.41, 5.74) is 0.652. The highest BCUT2D eigenvalue weighted by molar-refractivity contribution is 8.13. The molecule has 0 saturated carbocycles. The van der Waals surface area contributed by atoms with Gasteiger partial charge < -0.3 is 5.32 Å². The first-order chi connectivity index (χ1) is 8.66. The van der Waals surface area contributed by atoms with Crippen molar-refractivity contribution in [3.05, 3.63) is 35.6 Å². The lowest BCUT2D eigenvalue weighted by Crippen LogP contribution is -2.41. The lowest BCUT2D eigenvalue weighted by molar-refractivity contribution is 0.442. The fourth-order valence-electron chi connectivity index (χ4n) is 1.93. The van der Waals surface area contributed by atoms with Crippen LogP contribution in [0.5, 0.6) is 0 Å². The van der Waals surface area contributed by atoms with Crippen LogP contribution in [0.3, 0.4) is 0 Å². The topological polar surface area (TPSA) is 24.4 Å². The Balaban J connectivity index is 1.99. The molecule has 1 saturated heterocycles. The fourth-order valence-corrected chi connectivity index (χ4v) is 2.89. The first-order valence-electron chi connectivity index (χ1n) is 6.34. The quantitative estimate of drug-likeness (QED) is 0.906. The largest absolute Gasteiger partial charge is 0.362 e. The summed E-state index contributed by atoms with van der Waals surface area (Å²) in [7, 11) is 0. The van der Waals surface area contributed by atoms with Crippen LogP contribution in [-0.4, -0.2) is 17.0 Å². The molecule has 0 bridgehead atoms. The third-order valence-electron chi connectivity index (χ3n) is 3.13. The highest BCUT2D eigenvalue weighted by Gasteiger charge is 2.19. The fraction of sp³-hybridized carbons (Fsp3) is 0.500. The van der Waals surface area contributed by atoms with Crippen LogP contribution in [0, 0.1) is 11.7 Å². The van der Waals surface area contributed by atoms with E-state index in [-0.39, 0.29) is 5.82 Å². The van der Waals surface area contributed by atoms with Crippen molar-refractivity contribution in [3.8, 4) is 0 Å². The summed E-state index contributed by atoms with van der Waals surface area (Å²) in [6.45, 7) is 4.83. The van der Waals surface area contributed by atoms with Crippen molar-refractivity contribution in [2.75, 3.05) is 5.75 Å². The van der Waals surface area contributed by atoms with Crippen LogP contribution >= 0.6 is 11.8 Å². The van der Waals surface area contributed by atoms with E-state index in [1.807, 2.05) is 6.07 Å². The van der Waals surface area contributed by atoms with Crippen LogP contribution in [0.2, 0.25) is 0 Å². The Kier molecular flexibility index (Phi) is 4.64. The maximum atomic E-state index is 13.5. The van der Waals surface area contributed by atoms with Gasteiger partial charge in [-0.25, -0.2) is 4.39 Å². The second kappa shape index (κ2) is 6.23. The SMILES string of the molecule is CC(C)C1CCSC(=NCc2ccccc2F)N1. The molecule has 0 aliphatic carbocycles. The van der Waals surface area contributed by atoms with Crippen LogP contribution < -0.4 is 5.32 Å². The molecule has 98 valence electrons. The van der Waals surface area contributed by atoms with Gasteiger partial charge in [0.25, 0.3) is 0 Å². The molecular weight excluding hydrogens is 247 g/mol. The van der Waals surface area contributed by atoms with Crippen molar-refractivity contribution >= 4 is 16.9 Å². The molecule has 0 amide bonds. The van der Waals surface area contributed by atoms with E-state index in [1.54, 1.807) is 23.9 Å². The summed E-state index contributed by atoms with van der Waals surface area (Å²) >= 11 is 1.73. The molecule has 0 spiro atoms. The molecule has 1 aromatic carbocycles. The number of benzene rings is 1. The Bertz CT molecular complexity index is 432. The summed E-state index contributed by atoms with van der Waals surface area (Å²) in [5.74, 6) is 1.51. The first kappa shape index (κ1) is 13.4. The zero-order valence-corrected chi connectivity index (χ0v) is 11.6. The highest BCUT2D eigenvalue weighted by Crippen LogP contribution is 2.19. The minimum Gasteiger partial charge on any atom is -0.362 e. The number of amidine groups is 1. The van der Waals surface area contributed by atoms with Crippen molar-refractivity contribution in [2.24, 2.45) is 10.9 Å². The van der Waals surface area contributed by atoms with Crippen LogP contribution in [0.4, 0.5) is 4.39 Å². The Hall–Kier alpha value is -1.03. The number of rotatable bonds is 3. The van der Waals surface area contributed by atoms with Gasteiger partial charge in [-0.2, -0.15) is 0 Å². The predicted octanol–water partition coefficient (Wildman–Crippen LogP) is 3.43. The second-order valence-corrected chi connectivity index (χ2v) is 5.93. The Labute approximate surface area is 112 Å². The summed E-state index contributed by atoms with van der Waals surface area (Å²) in [6, 6.07) is 7.30. The molecule has 4 heteroatoms. The van der Waals surface area contributed by atoms with E-state index >= 15 is 0 Å². The lowest BCUT2D eigenvalue weighted by atomic mass is 10.0. The predicted molar refractivity (Wildman–Crippen MR) is 76.4 cm³/mol. The average molecular weight is 266 g/mol. The zero-order chi connectivity index (χ0) is 13.0. The van der Waals surface area contributed by atoms with E-state index < -0.39 is 0 Å². The number of nitrogens with zero attached hydrogens (tertiary/aromatic N) is 1. The number of aliphatic imine (C=N–C) groups is 1. The normalized spacial score (nSPS) is 22.2. The van der Waals surface area contributed by atoms with Crippen molar-refractivity contribution in [3.63, 3.8) is 0 Å². The Morgan fingerprint density at radius 2 is 2.22 bits per heavy atom. The Morgan fingerprint density at radius 3 is 2.94 bits per heavy atom. The maximum Gasteiger partial charge on any atom is 0.157 e. The Morgan fingerprint density at radius 1 is 1.44 bits per heavy atom. The van der Waals surface area contributed by atoms with Crippen LogP contribution in [0.15, 0.2) is 29.3 Å².